The number of rotatable bonds is 3. The maximum atomic E-state index is 11.4. The molecule has 1 aliphatic carbocycles. The van der Waals surface area contributed by atoms with Gasteiger partial charge in [0.2, 0.25) is 0 Å². The summed E-state index contributed by atoms with van der Waals surface area (Å²) in [7, 11) is 0. The minimum Gasteiger partial charge on any atom is -0.450 e. The Bertz CT molecular complexity index is 746. The number of nitrogens with zero attached hydrogens (tertiary/aromatic N) is 2. The fraction of sp³-hybridized carbons (Fsp3) is 0.500. The lowest BCUT2D eigenvalue weighted by molar-refractivity contribution is 0.0418. The Morgan fingerprint density at radius 1 is 1.52 bits per heavy atom. The van der Waals surface area contributed by atoms with Crippen LogP contribution in [0.15, 0.2) is 22.6 Å². The van der Waals surface area contributed by atoms with Crippen LogP contribution in [0.5, 0.6) is 0 Å². The van der Waals surface area contributed by atoms with Crippen molar-refractivity contribution in [2.75, 3.05) is 24.6 Å². The smallest absolute Gasteiger partial charge is 0.407 e. The summed E-state index contributed by atoms with van der Waals surface area (Å²) in [6.07, 6.45) is 1.64. The Balaban J connectivity index is 1.34. The molecule has 2 aromatic rings. The second-order valence-corrected chi connectivity index (χ2v) is 6.87. The van der Waals surface area contributed by atoms with Crippen LogP contribution in [0.2, 0.25) is 5.02 Å². The Hall–Kier alpha value is -1.95. The molecule has 2 heterocycles. The molecule has 1 aromatic carbocycles. The molecule has 0 atom stereocenters. The molecule has 6 nitrogen and oxygen atoms in total. The highest BCUT2D eigenvalue weighted by Crippen LogP contribution is 2.49. The molecular formula is C16H18ClN3O3. The van der Waals surface area contributed by atoms with Gasteiger partial charge in [-0.25, -0.2) is 4.79 Å². The van der Waals surface area contributed by atoms with E-state index in [0.29, 0.717) is 17.6 Å². The summed E-state index contributed by atoms with van der Waals surface area (Å²) in [5.41, 5.74) is 1.81. The van der Waals surface area contributed by atoms with E-state index in [1.807, 2.05) is 12.1 Å². The maximum absolute atomic E-state index is 11.4. The fourth-order valence-electron chi connectivity index (χ4n) is 3.61. The standard InChI is InChI=1S/C16H18ClN3O3/c1-2-22-15(21)18-11-6-16(7-11)8-20(9-16)14-19-12-5-10(17)3-4-13(12)23-14/h3-5,11H,2,6-9H2,1H3,(H,18,21). The van der Waals surface area contributed by atoms with Gasteiger partial charge < -0.3 is 19.4 Å². The van der Waals surface area contributed by atoms with Gasteiger partial charge in [0.25, 0.3) is 6.01 Å². The predicted molar refractivity (Wildman–Crippen MR) is 86.8 cm³/mol. The maximum Gasteiger partial charge on any atom is 0.407 e. The molecule has 2 aliphatic rings. The molecule has 1 amide bonds. The van der Waals surface area contributed by atoms with Crippen LogP contribution in [0.25, 0.3) is 11.1 Å². The highest BCUT2D eigenvalue weighted by atomic mass is 35.5. The number of nitrogens with one attached hydrogen (secondary N) is 1. The van der Waals surface area contributed by atoms with Gasteiger partial charge >= 0.3 is 6.09 Å². The average molecular weight is 336 g/mol. The number of carbonyl (C=O) groups excluding carboxylic acids is 1. The van der Waals surface area contributed by atoms with E-state index in [1.54, 1.807) is 13.0 Å². The summed E-state index contributed by atoms with van der Waals surface area (Å²) in [6, 6.07) is 6.32. The van der Waals surface area contributed by atoms with Crippen molar-refractivity contribution in [2.45, 2.75) is 25.8 Å². The molecule has 2 fully saturated rings. The Morgan fingerprint density at radius 2 is 2.30 bits per heavy atom. The summed E-state index contributed by atoms with van der Waals surface area (Å²) in [6.45, 7) is 4.03. The molecule has 23 heavy (non-hydrogen) atoms. The predicted octanol–water partition coefficient (Wildman–Crippen LogP) is 3.20. The van der Waals surface area contributed by atoms with Crippen LogP contribution in [0, 0.1) is 5.41 Å². The number of hydrogen-bond acceptors (Lipinski definition) is 5. The number of amides is 1. The molecule has 1 spiro atoms. The zero-order valence-corrected chi connectivity index (χ0v) is 13.6. The molecule has 4 rings (SSSR count). The lowest BCUT2D eigenvalue weighted by atomic mass is 9.61. The van der Waals surface area contributed by atoms with Crippen LogP contribution in [0.4, 0.5) is 10.8 Å². The molecule has 122 valence electrons. The van der Waals surface area contributed by atoms with Crippen molar-refractivity contribution in [2.24, 2.45) is 5.41 Å². The number of benzene rings is 1. The Morgan fingerprint density at radius 3 is 3.04 bits per heavy atom. The van der Waals surface area contributed by atoms with Gasteiger partial charge in [0, 0.05) is 29.6 Å². The lowest BCUT2D eigenvalue weighted by Gasteiger charge is -2.58. The van der Waals surface area contributed by atoms with Crippen LogP contribution >= 0.6 is 11.6 Å². The quantitative estimate of drug-likeness (QED) is 0.933. The van der Waals surface area contributed by atoms with E-state index in [1.165, 1.54) is 0 Å². The minimum atomic E-state index is -0.320. The third-order valence-corrected chi connectivity index (χ3v) is 4.85. The first kappa shape index (κ1) is 14.6. The summed E-state index contributed by atoms with van der Waals surface area (Å²) in [5.74, 6) is 0. The number of oxazole rings is 1. The van der Waals surface area contributed by atoms with Gasteiger partial charge in [0.15, 0.2) is 5.58 Å². The SMILES string of the molecule is CCOC(=O)NC1CC2(C1)CN(c1nc3cc(Cl)ccc3o1)C2. The number of alkyl carbamates (subject to hydrolysis) is 1. The van der Waals surface area contributed by atoms with E-state index >= 15 is 0 Å². The van der Waals surface area contributed by atoms with Crippen molar-refractivity contribution in [1.29, 1.82) is 0 Å². The first-order chi connectivity index (χ1) is 11.1. The summed E-state index contributed by atoms with van der Waals surface area (Å²) >= 11 is 5.97. The lowest BCUT2D eigenvalue weighted by Crippen LogP contribution is -2.66. The van der Waals surface area contributed by atoms with Crippen LogP contribution in [-0.2, 0) is 4.74 Å². The van der Waals surface area contributed by atoms with Crippen LogP contribution < -0.4 is 10.2 Å². The van der Waals surface area contributed by atoms with E-state index in [2.05, 4.69) is 15.2 Å². The van der Waals surface area contributed by atoms with Gasteiger partial charge in [-0.3, -0.25) is 0 Å². The number of fused-ring (bicyclic) bond motifs is 1. The van der Waals surface area contributed by atoms with Gasteiger partial charge in [-0.15, -0.1) is 0 Å². The second-order valence-electron chi connectivity index (χ2n) is 6.43. The molecule has 1 saturated carbocycles. The van der Waals surface area contributed by atoms with Crippen molar-refractivity contribution in [3.8, 4) is 0 Å². The number of carbonyl (C=O) groups is 1. The van der Waals surface area contributed by atoms with Crippen LogP contribution in [0.1, 0.15) is 19.8 Å². The van der Waals surface area contributed by atoms with E-state index in [-0.39, 0.29) is 17.6 Å². The first-order valence-corrected chi connectivity index (χ1v) is 8.19. The molecule has 1 saturated heterocycles. The number of ether oxygens (including phenoxy) is 1. The Labute approximate surface area is 138 Å². The molecule has 7 heteroatoms. The topological polar surface area (TPSA) is 67.6 Å². The van der Waals surface area contributed by atoms with Crippen molar-refractivity contribution in [1.82, 2.24) is 10.3 Å². The van der Waals surface area contributed by atoms with Crippen molar-refractivity contribution in [3.05, 3.63) is 23.2 Å². The number of anilines is 1. The zero-order chi connectivity index (χ0) is 16.0. The molecule has 1 aliphatic heterocycles. The summed E-state index contributed by atoms with van der Waals surface area (Å²) in [4.78, 5) is 18.0. The Kier molecular flexibility index (Phi) is 3.37. The third kappa shape index (κ3) is 2.61. The monoisotopic (exact) mass is 335 g/mol. The first-order valence-electron chi connectivity index (χ1n) is 7.81. The number of hydrogen-bond donors (Lipinski definition) is 1. The zero-order valence-electron chi connectivity index (χ0n) is 12.8. The molecule has 1 N–H and O–H groups in total. The normalized spacial score (nSPS) is 19.5. The van der Waals surface area contributed by atoms with Gasteiger partial charge in [0.1, 0.15) is 5.52 Å². The van der Waals surface area contributed by atoms with Gasteiger partial charge in [-0.2, -0.15) is 4.98 Å². The van der Waals surface area contributed by atoms with E-state index in [0.717, 1.165) is 37.0 Å². The molecule has 0 radical (unpaired) electrons. The highest BCUT2D eigenvalue weighted by molar-refractivity contribution is 6.31. The molecule has 0 bridgehead atoms. The van der Waals surface area contributed by atoms with Crippen LogP contribution in [-0.4, -0.2) is 36.8 Å². The summed E-state index contributed by atoms with van der Waals surface area (Å²) < 4.78 is 10.7. The average Bonchev–Trinajstić information content (AvgIpc) is 2.82. The number of aromatic nitrogens is 1. The second kappa shape index (κ2) is 5.30. The van der Waals surface area contributed by atoms with E-state index in [4.69, 9.17) is 20.8 Å². The van der Waals surface area contributed by atoms with Crippen LogP contribution in [0.3, 0.4) is 0 Å². The highest BCUT2D eigenvalue weighted by Gasteiger charge is 2.53. The molecule has 1 aromatic heterocycles. The summed E-state index contributed by atoms with van der Waals surface area (Å²) in [5, 5.41) is 3.55. The molecule has 0 unspecified atom stereocenters. The van der Waals surface area contributed by atoms with Gasteiger partial charge in [-0.1, -0.05) is 11.6 Å². The van der Waals surface area contributed by atoms with Crippen molar-refractivity contribution < 1.29 is 13.9 Å². The van der Waals surface area contributed by atoms with Gasteiger partial charge in [0.05, 0.1) is 6.61 Å². The van der Waals surface area contributed by atoms with Crippen molar-refractivity contribution in [3.63, 3.8) is 0 Å². The number of halogens is 1. The third-order valence-electron chi connectivity index (χ3n) is 4.62. The molecular weight excluding hydrogens is 318 g/mol. The van der Waals surface area contributed by atoms with E-state index < -0.39 is 0 Å². The fourth-order valence-corrected chi connectivity index (χ4v) is 3.77. The van der Waals surface area contributed by atoms with Gasteiger partial charge in [-0.05, 0) is 38.0 Å². The van der Waals surface area contributed by atoms with E-state index in [9.17, 15) is 4.79 Å². The largest absolute Gasteiger partial charge is 0.450 e. The minimum absolute atomic E-state index is 0.221. The van der Waals surface area contributed by atoms with Crippen molar-refractivity contribution >= 4 is 34.8 Å².